The molecular formula is C32H38N2O4. The summed E-state index contributed by atoms with van der Waals surface area (Å²) in [4.78, 5) is 29.3. The molecule has 3 aromatic carbocycles. The Morgan fingerprint density at radius 2 is 1.58 bits per heavy atom. The van der Waals surface area contributed by atoms with Crippen LogP contribution in [0.3, 0.4) is 0 Å². The van der Waals surface area contributed by atoms with E-state index in [2.05, 4.69) is 11.4 Å². The van der Waals surface area contributed by atoms with Crippen LogP contribution in [0.1, 0.15) is 49.4 Å². The van der Waals surface area contributed by atoms with Gasteiger partial charge in [0, 0.05) is 24.9 Å². The second-order valence-corrected chi connectivity index (χ2v) is 10.9. The van der Waals surface area contributed by atoms with Crippen molar-refractivity contribution < 1.29 is 19.1 Å². The summed E-state index contributed by atoms with van der Waals surface area (Å²) in [7, 11) is 0. The number of nitrogens with zero attached hydrogens (tertiary/aromatic N) is 1. The zero-order valence-corrected chi connectivity index (χ0v) is 22.8. The Hall–Kier alpha value is -3.80. The van der Waals surface area contributed by atoms with Gasteiger partial charge in [-0.1, -0.05) is 66.2 Å². The fourth-order valence-electron chi connectivity index (χ4n) is 4.65. The molecule has 0 saturated heterocycles. The molecule has 3 aromatic rings. The number of rotatable bonds is 9. The summed E-state index contributed by atoms with van der Waals surface area (Å²) in [6.45, 7) is 9.32. The fourth-order valence-corrected chi connectivity index (χ4v) is 4.65. The molecule has 0 saturated carbocycles. The summed E-state index contributed by atoms with van der Waals surface area (Å²) in [5, 5.41) is 3.12. The van der Waals surface area contributed by atoms with E-state index < -0.39 is 11.6 Å². The Labute approximate surface area is 226 Å². The third kappa shape index (κ3) is 7.60. The van der Waals surface area contributed by atoms with Crippen LogP contribution in [0, 0.1) is 6.92 Å². The van der Waals surface area contributed by atoms with E-state index in [0.717, 1.165) is 28.0 Å². The minimum Gasteiger partial charge on any atom is -0.486 e. The van der Waals surface area contributed by atoms with Crippen molar-refractivity contribution in [3.05, 3.63) is 95.1 Å². The quantitative estimate of drug-likeness (QED) is 0.423. The van der Waals surface area contributed by atoms with Crippen LogP contribution in [-0.4, -0.2) is 41.5 Å². The van der Waals surface area contributed by atoms with Crippen molar-refractivity contribution in [2.75, 3.05) is 13.2 Å². The van der Waals surface area contributed by atoms with Gasteiger partial charge < -0.3 is 19.7 Å². The molecule has 6 nitrogen and oxygen atoms in total. The molecule has 0 bridgehead atoms. The normalized spacial score (nSPS) is 13.5. The predicted octanol–water partition coefficient (Wildman–Crippen LogP) is 5.25. The SMILES string of the molecule is Cc1cccc(CN(C(=O)CCc2ccc3c(c2)OCCO3)[C@@H](Cc2ccccc2)C(=O)NC(C)(C)C)c1. The van der Waals surface area contributed by atoms with Crippen LogP contribution in [0.2, 0.25) is 0 Å². The highest BCUT2D eigenvalue weighted by Gasteiger charge is 2.32. The Balaban J connectivity index is 1.61. The van der Waals surface area contributed by atoms with E-state index in [9.17, 15) is 9.59 Å². The lowest BCUT2D eigenvalue weighted by molar-refractivity contribution is -0.141. The Kier molecular flexibility index (Phi) is 8.72. The molecule has 0 fully saturated rings. The molecule has 0 aromatic heterocycles. The van der Waals surface area contributed by atoms with E-state index in [0.29, 0.717) is 38.3 Å². The van der Waals surface area contributed by atoms with E-state index in [1.807, 2.05) is 94.4 Å². The topological polar surface area (TPSA) is 67.9 Å². The van der Waals surface area contributed by atoms with Crippen molar-refractivity contribution in [2.24, 2.45) is 0 Å². The van der Waals surface area contributed by atoms with Crippen molar-refractivity contribution in [1.29, 1.82) is 0 Å². The van der Waals surface area contributed by atoms with Crippen LogP contribution < -0.4 is 14.8 Å². The van der Waals surface area contributed by atoms with Crippen LogP contribution in [0.25, 0.3) is 0 Å². The Morgan fingerprint density at radius 3 is 2.29 bits per heavy atom. The van der Waals surface area contributed by atoms with Crippen LogP contribution in [0.4, 0.5) is 0 Å². The molecule has 1 N–H and O–H groups in total. The van der Waals surface area contributed by atoms with E-state index in [1.54, 1.807) is 4.90 Å². The minimum atomic E-state index is -0.648. The molecule has 6 heteroatoms. The standard InChI is InChI=1S/C32H38N2O4/c1-23-9-8-12-26(19-23)22-34(27(31(36)33-32(2,3)4)20-24-10-6-5-7-11-24)30(35)16-14-25-13-15-28-29(21-25)38-18-17-37-28/h5-13,15,19,21,27H,14,16-18,20,22H2,1-4H3,(H,33,36)/t27-/m0/s1. The summed E-state index contributed by atoms with van der Waals surface area (Å²) in [5.41, 5.74) is 3.70. The molecular weight excluding hydrogens is 476 g/mol. The van der Waals surface area contributed by atoms with Crippen molar-refractivity contribution >= 4 is 11.8 Å². The third-order valence-corrected chi connectivity index (χ3v) is 6.44. The number of aryl methyl sites for hydroxylation is 2. The molecule has 200 valence electrons. The number of benzene rings is 3. The van der Waals surface area contributed by atoms with E-state index >= 15 is 0 Å². The predicted molar refractivity (Wildman–Crippen MR) is 149 cm³/mol. The van der Waals surface area contributed by atoms with Gasteiger partial charge in [-0.2, -0.15) is 0 Å². The molecule has 0 aliphatic carbocycles. The lowest BCUT2D eigenvalue weighted by Gasteiger charge is -2.34. The number of hydrogen-bond acceptors (Lipinski definition) is 4. The number of amides is 2. The van der Waals surface area contributed by atoms with Gasteiger partial charge in [0.25, 0.3) is 0 Å². The second kappa shape index (κ2) is 12.2. The van der Waals surface area contributed by atoms with Crippen molar-refractivity contribution in [2.45, 2.75) is 65.1 Å². The molecule has 1 atom stereocenters. The molecule has 0 radical (unpaired) electrons. The average molecular weight is 515 g/mol. The van der Waals surface area contributed by atoms with Gasteiger partial charge >= 0.3 is 0 Å². The van der Waals surface area contributed by atoms with Crippen LogP contribution in [0.15, 0.2) is 72.8 Å². The summed E-state index contributed by atoms with van der Waals surface area (Å²) >= 11 is 0. The molecule has 0 unspecified atom stereocenters. The molecule has 4 rings (SSSR count). The van der Waals surface area contributed by atoms with Gasteiger partial charge in [0.05, 0.1) is 0 Å². The molecule has 0 spiro atoms. The van der Waals surface area contributed by atoms with Gasteiger partial charge in [-0.3, -0.25) is 9.59 Å². The lowest BCUT2D eigenvalue weighted by Crippen LogP contribution is -2.54. The van der Waals surface area contributed by atoms with Gasteiger partial charge in [-0.05, 0) is 62.9 Å². The number of carbonyl (C=O) groups excluding carboxylic acids is 2. The van der Waals surface area contributed by atoms with Crippen molar-refractivity contribution in [3.8, 4) is 11.5 Å². The van der Waals surface area contributed by atoms with E-state index in [1.165, 1.54) is 0 Å². The summed E-state index contributed by atoms with van der Waals surface area (Å²) in [6.07, 6.45) is 1.25. The molecule has 1 heterocycles. The summed E-state index contributed by atoms with van der Waals surface area (Å²) < 4.78 is 11.3. The van der Waals surface area contributed by atoms with Gasteiger partial charge in [-0.25, -0.2) is 0 Å². The highest BCUT2D eigenvalue weighted by molar-refractivity contribution is 5.88. The molecule has 1 aliphatic heterocycles. The number of nitrogens with one attached hydrogen (secondary N) is 1. The average Bonchev–Trinajstić information content (AvgIpc) is 2.89. The zero-order chi connectivity index (χ0) is 27.1. The third-order valence-electron chi connectivity index (χ3n) is 6.44. The van der Waals surface area contributed by atoms with Crippen molar-refractivity contribution in [1.82, 2.24) is 10.2 Å². The maximum Gasteiger partial charge on any atom is 0.243 e. The molecule has 38 heavy (non-hydrogen) atoms. The van der Waals surface area contributed by atoms with Crippen LogP contribution >= 0.6 is 0 Å². The van der Waals surface area contributed by atoms with E-state index in [4.69, 9.17) is 9.47 Å². The van der Waals surface area contributed by atoms with Crippen LogP contribution in [-0.2, 0) is 29.0 Å². The first kappa shape index (κ1) is 27.2. The van der Waals surface area contributed by atoms with Crippen molar-refractivity contribution in [3.63, 3.8) is 0 Å². The lowest BCUT2D eigenvalue weighted by atomic mass is 9.99. The molecule has 1 aliphatic rings. The largest absolute Gasteiger partial charge is 0.486 e. The maximum absolute atomic E-state index is 13.9. The number of fused-ring (bicyclic) bond motifs is 1. The number of ether oxygens (including phenoxy) is 2. The highest BCUT2D eigenvalue weighted by Crippen LogP contribution is 2.31. The smallest absolute Gasteiger partial charge is 0.243 e. The van der Waals surface area contributed by atoms with Gasteiger partial charge in [0.2, 0.25) is 11.8 Å². The Bertz CT molecular complexity index is 1250. The maximum atomic E-state index is 13.9. The zero-order valence-electron chi connectivity index (χ0n) is 22.8. The fraction of sp³-hybridized carbons (Fsp3) is 0.375. The van der Waals surface area contributed by atoms with Crippen LogP contribution in [0.5, 0.6) is 11.5 Å². The molecule has 2 amide bonds. The first-order chi connectivity index (χ1) is 18.2. The summed E-state index contributed by atoms with van der Waals surface area (Å²) in [5.74, 6) is 1.23. The van der Waals surface area contributed by atoms with Gasteiger partial charge in [0.1, 0.15) is 19.3 Å². The summed E-state index contributed by atoms with van der Waals surface area (Å²) in [6, 6.07) is 23.1. The van der Waals surface area contributed by atoms with E-state index in [-0.39, 0.29) is 18.2 Å². The second-order valence-electron chi connectivity index (χ2n) is 10.9. The first-order valence-electron chi connectivity index (χ1n) is 13.3. The number of hydrogen-bond donors (Lipinski definition) is 1. The highest BCUT2D eigenvalue weighted by atomic mass is 16.6. The first-order valence-corrected chi connectivity index (χ1v) is 13.3. The Morgan fingerprint density at radius 1 is 0.868 bits per heavy atom. The monoisotopic (exact) mass is 514 g/mol. The number of carbonyl (C=O) groups is 2. The van der Waals surface area contributed by atoms with Gasteiger partial charge in [-0.15, -0.1) is 0 Å². The van der Waals surface area contributed by atoms with Gasteiger partial charge in [0.15, 0.2) is 11.5 Å². The minimum absolute atomic E-state index is 0.0635.